The lowest BCUT2D eigenvalue weighted by molar-refractivity contribution is -0.139. The molecule has 0 spiro atoms. The molecule has 2 aliphatic rings. The molecule has 0 radical (unpaired) electrons. The van der Waals surface area contributed by atoms with Crippen LogP contribution < -0.4 is 5.73 Å². The minimum Gasteiger partial charge on any atom is -0.480 e. The minimum absolute atomic E-state index is 0.416. The molecule has 2 aliphatic heterocycles. The van der Waals surface area contributed by atoms with E-state index in [1.807, 2.05) is 0 Å². The summed E-state index contributed by atoms with van der Waals surface area (Å²) in [5.74, 6) is -0.902. The summed E-state index contributed by atoms with van der Waals surface area (Å²) in [6.45, 7) is 5.86. The van der Waals surface area contributed by atoms with Gasteiger partial charge in [-0.3, -0.25) is 14.6 Å². The molecular formula is C11H21N3O2. The molecule has 16 heavy (non-hydrogen) atoms. The van der Waals surface area contributed by atoms with Crippen molar-refractivity contribution in [1.29, 1.82) is 0 Å². The average Bonchev–Trinajstić information content (AvgIpc) is 2.65. The molecule has 5 heteroatoms. The lowest BCUT2D eigenvalue weighted by Crippen LogP contribution is -2.58. The molecule has 0 aromatic rings. The Kier molecular flexibility index (Phi) is 3.47. The van der Waals surface area contributed by atoms with Crippen molar-refractivity contribution in [2.45, 2.75) is 37.9 Å². The van der Waals surface area contributed by atoms with E-state index in [1.165, 1.54) is 19.4 Å². The molecule has 2 heterocycles. The second-order valence-corrected chi connectivity index (χ2v) is 5.04. The molecule has 0 aromatic carbocycles. The Balaban J connectivity index is 1.92. The number of hydrogen-bond donors (Lipinski definition) is 2. The van der Waals surface area contributed by atoms with Gasteiger partial charge in [0.1, 0.15) is 6.04 Å². The van der Waals surface area contributed by atoms with Crippen LogP contribution in [0.1, 0.15) is 19.8 Å². The van der Waals surface area contributed by atoms with Gasteiger partial charge in [-0.15, -0.1) is 0 Å². The fourth-order valence-electron chi connectivity index (χ4n) is 2.83. The number of hydrogen-bond acceptors (Lipinski definition) is 4. The summed E-state index contributed by atoms with van der Waals surface area (Å²) >= 11 is 0. The van der Waals surface area contributed by atoms with Crippen LogP contribution in [0.5, 0.6) is 0 Å². The Morgan fingerprint density at radius 1 is 1.56 bits per heavy atom. The van der Waals surface area contributed by atoms with E-state index in [-0.39, 0.29) is 0 Å². The molecule has 5 nitrogen and oxygen atoms in total. The van der Waals surface area contributed by atoms with E-state index < -0.39 is 12.0 Å². The molecule has 92 valence electrons. The van der Waals surface area contributed by atoms with Gasteiger partial charge in [0, 0.05) is 31.7 Å². The van der Waals surface area contributed by atoms with Crippen LogP contribution in [0.3, 0.4) is 0 Å². The van der Waals surface area contributed by atoms with Gasteiger partial charge in [-0.2, -0.15) is 0 Å². The molecule has 0 bridgehead atoms. The maximum Gasteiger partial charge on any atom is 0.321 e. The molecule has 2 rings (SSSR count). The molecule has 3 unspecified atom stereocenters. The van der Waals surface area contributed by atoms with Crippen molar-refractivity contribution in [3.8, 4) is 0 Å². The van der Waals surface area contributed by atoms with Crippen LogP contribution in [0.25, 0.3) is 0 Å². The van der Waals surface area contributed by atoms with Gasteiger partial charge in [-0.25, -0.2) is 0 Å². The normalized spacial score (nSPS) is 33.6. The van der Waals surface area contributed by atoms with Crippen LogP contribution >= 0.6 is 0 Å². The van der Waals surface area contributed by atoms with Crippen molar-refractivity contribution in [3.63, 3.8) is 0 Å². The third-order valence-electron chi connectivity index (χ3n) is 3.81. The molecule has 2 saturated heterocycles. The van der Waals surface area contributed by atoms with Gasteiger partial charge in [0.25, 0.3) is 0 Å². The van der Waals surface area contributed by atoms with Crippen molar-refractivity contribution >= 4 is 5.97 Å². The van der Waals surface area contributed by atoms with Crippen LogP contribution in [0.15, 0.2) is 0 Å². The molecule has 0 saturated carbocycles. The summed E-state index contributed by atoms with van der Waals surface area (Å²) in [7, 11) is 0. The standard InChI is InChI=1S/C11H21N3O2/c1-8-5-13-4-2-3-9(13)6-14(8)7-10(12)11(15)16/h8-10H,2-7,12H2,1H3,(H,15,16). The Morgan fingerprint density at radius 3 is 3.00 bits per heavy atom. The van der Waals surface area contributed by atoms with E-state index in [0.29, 0.717) is 18.6 Å². The number of piperazine rings is 1. The number of nitrogens with two attached hydrogens (primary N) is 1. The second kappa shape index (κ2) is 4.69. The van der Waals surface area contributed by atoms with Crippen molar-refractivity contribution in [2.24, 2.45) is 5.73 Å². The molecule has 2 fully saturated rings. The molecule has 3 atom stereocenters. The monoisotopic (exact) mass is 227 g/mol. The zero-order valence-corrected chi connectivity index (χ0v) is 9.80. The summed E-state index contributed by atoms with van der Waals surface area (Å²) in [6, 6.07) is 0.285. The topological polar surface area (TPSA) is 69.8 Å². The number of carboxylic acids is 1. The lowest BCUT2D eigenvalue weighted by atomic mass is 10.1. The molecule has 0 aliphatic carbocycles. The summed E-state index contributed by atoms with van der Waals surface area (Å²) < 4.78 is 0. The van der Waals surface area contributed by atoms with E-state index in [1.54, 1.807) is 0 Å². The SMILES string of the molecule is CC1CN2CCCC2CN1CC(N)C(=O)O. The first kappa shape index (κ1) is 11.8. The van der Waals surface area contributed by atoms with Crippen molar-refractivity contribution in [2.75, 3.05) is 26.2 Å². The average molecular weight is 227 g/mol. The first-order chi connectivity index (χ1) is 7.58. The van der Waals surface area contributed by atoms with E-state index in [2.05, 4.69) is 16.7 Å². The maximum atomic E-state index is 10.7. The third kappa shape index (κ3) is 2.36. The lowest BCUT2D eigenvalue weighted by Gasteiger charge is -2.42. The highest BCUT2D eigenvalue weighted by atomic mass is 16.4. The van der Waals surface area contributed by atoms with Crippen LogP contribution in [-0.4, -0.2) is 65.2 Å². The van der Waals surface area contributed by atoms with Crippen LogP contribution in [0.4, 0.5) is 0 Å². The molecule has 0 amide bonds. The first-order valence-corrected chi connectivity index (χ1v) is 6.04. The Hall–Kier alpha value is -0.650. The summed E-state index contributed by atoms with van der Waals surface area (Å²) in [5, 5.41) is 8.82. The largest absolute Gasteiger partial charge is 0.480 e. The van der Waals surface area contributed by atoms with Gasteiger partial charge in [-0.05, 0) is 26.3 Å². The molecular weight excluding hydrogens is 206 g/mol. The van der Waals surface area contributed by atoms with E-state index in [4.69, 9.17) is 10.8 Å². The number of fused-ring (bicyclic) bond motifs is 1. The summed E-state index contributed by atoms with van der Waals surface area (Å²) in [6.07, 6.45) is 2.52. The van der Waals surface area contributed by atoms with Gasteiger partial charge in [0.05, 0.1) is 0 Å². The number of carboxylic acid groups (broad SMARTS) is 1. The van der Waals surface area contributed by atoms with Gasteiger partial charge in [-0.1, -0.05) is 0 Å². The minimum atomic E-state index is -0.902. The fourth-order valence-corrected chi connectivity index (χ4v) is 2.83. The quantitative estimate of drug-likeness (QED) is 0.684. The predicted octanol–water partition coefficient (Wildman–Crippen LogP) is -0.433. The van der Waals surface area contributed by atoms with Crippen molar-refractivity contribution in [1.82, 2.24) is 9.80 Å². The number of nitrogens with zero attached hydrogens (tertiary/aromatic N) is 2. The number of aliphatic carboxylic acids is 1. The van der Waals surface area contributed by atoms with Gasteiger partial charge >= 0.3 is 5.97 Å². The number of carbonyl (C=O) groups is 1. The van der Waals surface area contributed by atoms with Gasteiger partial charge in [0.2, 0.25) is 0 Å². The van der Waals surface area contributed by atoms with Crippen LogP contribution in [0.2, 0.25) is 0 Å². The van der Waals surface area contributed by atoms with E-state index in [9.17, 15) is 4.79 Å². The van der Waals surface area contributed by atoms with E-state index in [0.717, 1.165) is 13.1 Å². The molecule has 3 N–H and O–H groups in total. The maximum absolute atomic E-state index is 10.7. The Labute approximate surface area is 96.2 Å². The van der Waals surface area contributed by atoms with Crippen LogP contribution in [0, 0.1) is 0 Å². The number of rotatable bonds is 3. The van der Waals surface area contributed by atoms with Crippen molar-refractivity contribution in [3.05, 3.63) is 0 Å². The highest BCUT2D eigenvalue weighted by Crippen LogP contribution is 2.24. The predicted molar refractivity (Wildman–Crippen MR) is 61.2 cm³/mol. The Morgan fingerprint density at radius 2 is 2.31 bits per heavy atom. The molecule has 0 aromatic heterocycles. The van der Waals surface area contributed by atoms with Gasteiger partial charge in [0.15, 0.2) is 0 Å². The zero-order chi connectivity index (χ0) is 11.7. The first-order valence-electron chi connectivity index (χ1n) is 6.04. The second-order valence-electron chi connectivity index (χ2n) is 5.04. The van der Waals surface area contributed by atoms with E-state index >= 15 is 0 Å². The smallest absolute Gasteiger partial charge is 0.321 e. The van der Waals surface area contributed by atoms with Gasteiger partial charge < -0.3 is 10.8 Å². The fraction of sp³-hybridized carbons (Fsp3) is 0.909. The zero-order valence-electron chi connectivity index (χ0n) is 9.80. The summed E-state index contributed by atoms with van der Waals surface area (Å²) in [5.41, 5.74) is 5.59. The summed E-state index contributed by atoms with van der Waals surface area (Å²) in [4.78, 5) is 15.5. The Bertz CT molecular complexity index is 272. The third-order valence-corrected chi connectivity index (χ3v) is 3.81. The highest BCUT2D eigenvalue weighted by molar-refractivity contribution is 5.73. The highest BCUT2D eigenvalue weighted by Gasteiger charge is 2.35. The van der Waals surface area contributed by atoms with Crippen LogP contribution in [-0.2, 0) is 4.79 Å². The van der Waals surface area contributed by atoms with Crippen molar-refractivity contribution < 1.29 is 9.90 Å².